The van der Waals surface area contributed by atoms with Gasteiger partial charge in [-0.15, -0.1) is 0 Å². The fourth-order valence-corrected chi connectivity index (χ4v) is 3.16. The minimum atomic E-state index is 0.235. The monoisotopic (exact) mass is 250 g/mol. The van der Waals surface area contributed by atoms with E-state index in [0.717, 1.165) is 13.1 Å². The van der Waals surface area contributed by atoms with E-state index in [-0.39, 0.29) is 11.8 Å². The molecule has 1 unspecified atom stereocenters. The zero-order valence-corrected chi connectivity index (χ0v) is 10.9. The molecule has 1 aliphatic heterocycles. The van der Waals surface area contributed by atoms with Gasteiger partial charge in [-0.1, -0.05) is 30.8 Å². The molecule has 0 N–H and O–H groups in total. The molecular weight excluding hydrogens is 228 g/mol. The fourth-order valence-electron chi connectivity index (χ4n) is 3.16. The molecule has 0 spiro atoms. The molecule has 0 aromatic carbocycles. The summed E-state index contributed by atoms with van der Waals surface area (Å²) in [5, 5.41) is 3.59. The van der Waals surface area contributed by atoms with Crippen LogP contribution in [0.25, 0.3) is 10.4 Å². The molecule has 0 bridgehead atoms. The maximum atomic E-state index is 11.9. The summed E-state index contributed by atoms with van der Waals surface area (Å²) in [6.45, 7) is 2.17. The van der Waals surface area contributed by atoms with Gasteiger partial charge in [0.1, 0.15) is 0 Å². The molecule has 2 aliphatic rings. The highest BCUT2D eigenvalue weighted by Gasteiger charge is 2.30. The number of carbonyl (C=O) groups is 1. The second-order valence-corrected chi connectivity index (χ2v) is 5.64. The lowest BCUT2D eigenvalue weighted by atomic mass is 10.00. The Balaban J connectivity index is 1.81. The first-order valence-electron chi connectivity index (χ1n) is 7.08. The molecule has 0 aromatic rings. The van der Waals surface area contributed by atoms with Crippen LogP contribution in [0.3, 0.4) is 0 Å². The molecule has 2 fully saturated rings. The molecular formula is C13H22N4O. The van der Waals surface area contributed by atoms with Gasteiger partial charge in [0, 0.05) is 31.0 Å². The van der Waals surface area contributed by atoms with E-state index in [4.69, 9.17) is 5.53 Å². The van der Waals surface area contributed by atoms with Crippen LogP contribution in [0.4, 0.5) is 0 Å². The van der Waals surface area contributed by atoms with Crippen molar-refractivity contribution in [2.24, 2.45) is 17.0 Å². The first kappa shape index (κ1) is 13.2. The summed E-state index contributed by atoms with van der Waals surface area (Å²) in [6, 6.07) is 0. The molecule has 1 heterocycles. The molecule has 1 saturated heterocycles. The molecule has 18 heavy (non-hydrogen) atoms. The number of hydrogen-bond acceptors (Lipinski definition) is 2. The number of likely N-dealkylation sites (tertiary alicyclic amines) is 1. The molecule has 1 atom stereocenters. The van der Waals surface area contributed by atoms with Crippen molar-refractivity contribution in [3.8, 4) is 0 Å². The third-order valence-corrected chi connectivity index (χ3v) is 4.15. The number of nitrogens with zero attached hydrogens (tertiary/aromatic N) is 4. The maximum Gasteiger partial charge on any atom is 0.222 e. The highest BCUT2D eigenvalue weighted by atomic mass is 16.2. The van der Waals surface area contributed by atoms with Gasteiger partial charge in [-0.25, -0.2) is 0 Å². The van der Waals surface area contributed by atoms with Crippen LogP contribution < -0.4 is 0 Å². The Kier molecular flexibility index (Phi) is 4.88. The van der Waals surface area contributed by atoms with Gasteiger partial charge < -0.3 is 4.90 Å². The lowest BCUT2D eigenvalue weighted by molar-refractivity contribution is -0.128. The van der Waals surface area contributed by atoms with E-state index in [1.807, 2.05) is 4.90 Å². The second kappa shape index (κ2) is 6.64. The van der Waals surface area contributed by atoms with E-state index < -0.39 is 0 Å². The Labute approximate surface area is 108 Å². The average molecular weight is 250 g/mol. The molecule has 1 saturated carbocycles. The Morgan fingerprint density at radius 2 is 1.94 bits per heavy atom. The molecule has 0 aromatic heterocycles. The van der Waals surface area contributed by atoms with Crippen molar-refractivity contribution in [2.45, 2.75) is 44.9 Å². The van der Waals surface area contributed by atoms with E-state index in [0.29, 0.717) is 18.9 Å². The first-order valence-corrected chi connectivity index (χ1v) is 7.08. The van der Waals surface area contributed by atoms with Crippen molar-refractivity contribution < 1.29 is 4.79 Å². The van der Waals surface area contributed by atoms with Crippen LogP contribution in [0.15, 0.2) is 5.11 Å². The summed E-state index contributed by atoms with van der Waals surface area (Å²) in [5.41, 5.74) is 8.31. The molecule has 1 aliphatic carbocycles. The standard InChI is InChI=1S/C13H22N4O/c14-16-15-8-12-7-13(18)17(10-12)9-11-5-3-1-2-4-6-11/h11-12H,1-10H2. The van der Waals surface area contributed by atoms with Crippen molar-refractivity contribution in [1.29, 1.82) is 0 Å². The van der Waals surface area contributed by atoms with Crippen LogP contribution in [-0.2, 0) is 4.79 Å². The number of amides is 1. The molecule has 100 valence electrons. The van der Waals surface area contributed by atoms with Crippen molar-refractivity contribution >= 4 is 5.91 Å². The van der Waals surface area contributed by atoms with Crippen LogP contribution >= 0.6 is 0 Å². The highest BCUT2D eigenvalue weighted by molar-refractivity contribution is 5.78. The SMILES string of the molecule is [N-]=[N+]=NCC1CC(=O)N(CC2CCCCCC2)C1. The summed E-state index contributed by atoms with van der Waals surface area (Å²) in [6.07, 6.45) is 8.43. The van der Waals surface area contributed by atoms with Gasteiger partial charge in [0.05, 0.1) is 0 Å². The van der Waals surface area contributed by atoms with Crippen molar-refractivity contribution in [2.75, 3.05) is 19.6 Å². The maximum absolute atomic E-state index is 11.9. The number of carbonyl (C=O) groups excluding carboxylic acids is 1. The van der Waals surface area contributed by atoms with Gasteiger partial charge in [0.15, 0.2) is 0 Å². The van der Waals surface area contributed by atoms with E-state index >= 15 is 0 Å². The van der Waals surface area contributed by atoms with Crippen LogP contribution in [0.5, 0.6) is 0 Å². The second-order valence-electron chi connectivity index (χ2n) is 5.64. The van der Waals surface area contributed by atoms with Gasteiger partial charge >= 0.3 is 0 Å². The molecule has 5 nitrogen and oxygen atoms in total. The lowest BCUT2D eigenvalue weighted by Crippen LogP contribution is -2.31. The topological polar surface area (TPSA) is 69.1 Å². The lowest BCUT2D eigenvalue weighted by Gasteiger charge is -2.23. The zero-order chi connectivity index (χ0) is 12.8. The van der Waals surface area contributed by atoms with Crippen LogP contribution in [-0.4, -0.2) is 30.4 Å². The predicted octanol–water partition coefficient (Wildman–Crippen LogP) is 3.12. The van der Waals surface area contributed by atoms with E-state index in [2.05, 4.69) is 10.0 Å². The van der Waals surface area contributed by atoms with Crippen molar-refractivity contribution in [3.63, 3.8) is 0 Å². The molecule has 1 amide bonds. The number of azide groups is 1. The van der Waals surface area contributed by atoms with E-state index in [9.17, 15) is 4.79 Å². The van der Waals surface area contributed by atoms with Gasteiger partial charge in [-0.05, 0) is 30.2 Å². The fraction of sp³-hybridized carbons (Fsp3) is 0.923. The van der Waals surface area contributed by atoms with Gasteiger partial charge in [0.2, 0.25) is 5.91 Å². The van der Waals surface area contributed by atoms with Crippen LogP contribution in [0.2, 0.25) is 0 Å². The average Bonchev–Trinajstić information content (AvgIpc) is 2.57. The first-order chi connectivity index (χ1) is 8.79. The minimum absolute atomic E-state index is 0.235. The Bertz CT molecular complexity index is 330. The van der Waals surface area contributed by atoms with Crippen molar-refractivity contribution in [1.82, 2.24) is 4.90 Å². The third kappa shape index (κ3) is 3.64. The Hall–Kier alpha value is -1.22. The van der Waals surface area contributed by atoms with Gasteiger partial charge in [-0.3, -0.25) is 4.79 Å². The predicted molar refractivity (Wildman–Crippen MR) is 69.9 cm³/mol. The van der Waals surface area contributed by atoms with Gasteiger partial charge in [0.25, 0.3) is 0 Å². The van der Waals surface area contributed by atoms with E-state index in [1.165, 1.54) is 38.5 Å². The quantitative estimate of drug-likeness (QED) is 0.327. The Morgan fingerprint density at radius 3 is 2.61 bits per heavy atom. The molecule has 5 heteroatoms. The summed E-state index contributed by atoms with van der Waals surface area (Å²) < 4.78 is 0. The van der Waals surface area contributed by atoms with Crippen molar-refractivity contribution in [3.05, 3.63) is 10.4 Å². The number of rotatable bonds is 4. The third-order valence-electron chi connectivity index (χ3n) is 4.15. The summed E-state index contributed by atoms with van der Waals surface area (Å²) in [5.74, 6) is 1.17. The number of hydrogen-bond donors (Lipinski definition) is 0. The summed E-state index contributed by atoms with van der Waals surface area (Å²) >= 11 is 0. The molecule has 2 rings (SSSR count). The smallest absolute Gasteiger partial charge is 0.222 e. The highest BCUT2D eigenvalue weighted by Crippen LogP contribution is 2.26. The van der Waals surface area contributed by atoms with Gasteiger partial charge in [-0.2, -0.15) is 0 Å². The Morgan fingerprint density at radius 1 is 1.22 bits per heavy atom. The summed E-state index contributed by atoms with van der Waals surface area (Å²) in [7, 11) is 0. The largest absolute Gasteiger partial charge is 0.342 e. The zero-order valence-electron chi connectivity index (χ0n) is 10.9. The van der Waals surface area contributed by atoms with Crippen LogP contribution in [0, 0.1) is 11.8 Å². The summed E-state index contributed by atoms with van der Waals surface area (Å²) in [4.78, 5) is 16.7. The van der Waals surface area contributed by atoms with Crippen LogP contribution in [0.1, 0.15) is 44.9 Å². The van der Waals surface area contributed by atoms with E-state index in [1.54, 1.807) is 0 Å². The normalized spacial score (nSPS) is 25.9. The molecule has 0 radical (unpaired) electrons. The minimum Gasteiger partial charge on any atom is -0.342 e.